The van der Waals surface area contributed by atoms with E-state index in [9.17, 15) is 9.18 Å². The molecular formula is C12H11BrFN3O. The van der Waals surface area contributed by atoms with Crippen LogP contribution >= 0.6 is 15.9 Å². The first-order valence-electron chi connectivity index (χ1n) is 5.26. The number of hydrogen-bond acceptors (Lipinski definition) is 2. The van der Waals surface area contributed by atoms with Crippen molar-refractivity contribution in [3.05, 3.63) is 52.3 Å². The predicted octanol–water partition coefficient (Wildman–Crippen LogP) is 2.58. The lowest BCUT2D eigenvalue weighted by Gasteiger charge is -2.16. The molecular weight excluding hydrogens is 301 g/mol. The number of nitrogens with one attached hydrogen (secondary N) is 1. The van der Waals surface area contributed by atoms with Gasteiger partial charge in [-0.05, 0) is 34.1 Å². The van der Waals surface area contributed by atoms with Crippen molar-refractivity contribution in [1.82, 2.24) is 14.9 Å². The maximum absolute atomic E-state index is 13.1. The number of imidazole rings is 1. The highest BCUT2D eigenvalue weighted by Crippen LogP contribution is 2.18. The summed E-state index contributed by atoms with van der Waals surface area (Å²) < 4.78 is 13.4. The van der Waals surface area contributed by atoms with Gasteiger partial charge in [-0.3, -0.25) is 4.79 Å². The number of aromatic amines is 1. The van der Waals surface area contributed by atoms with Gasteiger partial charge in [-0.25, -0.2) is 9.37 Å². The predicted molar refractivity (Wildman–Crippen MR) is 68.5 cm³/mol. The minimum Gasteiger partial charge on any atom is -0.347 e. The number of halogens is 2. The van der Waals surface area contributed by atoms with Crippen LogP contribution in [0.15, 0.2) is 35.1 Å². The van der Waals surface area contributed by atoms with Gasteiger partial charge in [0.25, 0.3) is 5.91 Å². The molecule has 1 aromatic heterocycles. The second-order valence-electron chi connectivity index (χ2n) is 3.83. The third-order valence-electron chi connectivity index (χ3n) is 2.46. The zero-order chi connectivity index (χ0) is 13.1. The summed E-state index contributed by atoms with van der Waals surface area (Å²) in [5, 5.41) is 0. The van der Waals surface area contributed by atoms with Crippen molar-refractivity contribution in [2.24, 2.45) is 0 Å². The lowest BCUT2D eigenvalue weighted by molar-refractivity contribution is 0.0781. The zero-order valence-electron chi connectivity index (χ0n) is 9.65. The lowest BCUT2D eigenvalue weighted by atomic mass is 10.2. The second-order valence-corrected chi connectivity index (χ2v) is 4.68. The van der Waals surface area contributed by atoms with E-state index in [-0.39, 0.29) is 16.2 Å². The number of H-pyrrole nitrogens is 1. The Morgan fingerprint density at radius 3 is 2.94 bits per heavy atom. The number of rotatable bonds is 3. The Bertz CT molecular complexity index is 556. The third-order valence-corrected chi connectivity index (χ3v) is 3.06. The van der Waals surface area contributed by atoms with E-state index < -0.39 is 0 Å². The summed E-state index contributed by atoms with van der Waals surface area (Å²) >= 11 is 3.06. The van der Waals surface area contributed by atoms with Crippen molar-refractivity contribution in [1.29, 1.82) is 0 Å². The first kappa shape index (κ1) is 12.8. The van der Waals surface area contributed by atoms with Crippen molar-refractivity contribution < 1.29 is 9.18 Å². The van der Waals surface area contributed by atoms with Crippen LogP contribution in [0.2, 0.25) is 0 Å². The Hall–Kier alpha value is -1.69. The summed E-state index contributed by atoms with van der Waals surface area (Å²) in [7, 11) is 1.67. The topological polar surface area (TPSA) is 49.0 Å². The van der Waals surface area contributed by atoms with Gasteiger partial charge in [0.1, 0.15) is 11.6 Å². The summed E-state index contributed by atoms with van der Waals surface area (Å²) in [6.07, 6.45) is 3.32. The first-order valence-corrected chi connectivity index (χ1v) is 6.06. The Balaban J connectivity index is 2.12. The van der Waals surface area contributed by atoms with Crippen LogP contribution in [0.4, 0.5) is 4.39 Å². The number of amides is 1. The number of hydrogen-bond donors (Lipinski definition) is 1. The summed E-state index contributed by atoms with van der Waals surface area (Å²) in [5.41, 5.74) is 0.428. The van der Waals surface area contributed by atoms with Crippen LogP contribution in [0.3, 0.4) is 0 Å². The van der Waals surface area contributed by atoms with Crippen LogP contribution in [-0.2, 0) is 6.54 Å². The highest BCUT2D eigenvalue weighted by molar-refractivity contribution is 9.10. The average molecular weight is 312 g/mol. The van der Waals surface area contributed by atoms with Gasteiger partial charge >= 0.3 is 0 Å². The van der Waals surface area contributed by atoms with E-state index in [0.29, 0.717) is 17.9 Å². The zero-order valence-corrected chi connectivity index (χ0v) is 11.2. The van der Waals surface area contributed by atoms with Crippen molar-refractivity contribution in [3.63, 3.8) is 0 Å². The third kappa shape index (κ3) is 2.76. The van der Waals surface area contributed by atoms with Crippen molar-refractivity contribution >= 4 is 21.8 Å². The molecule has 0 aliphatic rings. The molecule has 2 rings (SSSR count). The van der Waals surface area contributed by atoms with E-state index >= 15 is 0 Å². The number of aromatic nitrogens is 2. The van der Waals surface area contributed by atoms with Gasteiger partial charge < -0.3 is 9.88 Å². The number of carbonyl (C=O) groups excluding carboxylic acids is 1. The fourth-order valence-corrected chi connectivity index (χ4v) is 1.91. The molecule has 1 heterocycles. The van der Waals surface area contributed by atoms with E-state index in [1.54, 1.807) is 19.4 Å². The van der Waals surface area contributed by atoms with E-state index in [0.717, 1.165) is 0 Å². The fraction of sp³-hybridized carbons (Fsp3) is 0.167. The molecule has 1 amide bonds. The fourth-order valence-electron chi connectivity index (χ4n) is 1.53. The van der Waals surface area contributed by atoms with Crippen LogP contribution in [0.5, 0.6) is 0 Å². The summed E-state index contributed by atoms with van der Waals surface area (Å²) in [6, 6.07) is 4.19. The van der Waals surface area contributed by atoms with Gasteiger partial charge in [0.05, 0.1) is 11.0 Å². The SMILES string of the molecule is CN(Cc1ncc[nH]1)C(=O)c1ccc(F)c(Br)c1. The first-order chi connectivity index (χ1) is 8.58. The molecule has 0 aliphatic heterocycles. The van der Waals surface area contributed by atoms with Crippen LogP contribution in [0.25, 0.3) is 0 Å². The summed E-state index contributed by atoms with van der Waals surface area (Å²) in [5.74, 6) is 0.124. The molecule has 0 atom stereocenters. The van der Waals surface area contributed by atoms with Crippen LogP contribution in [0.1, 0.15) is 16.2 Å². The molecule has 94 valence electrons. The molecule has 1 N–H and O–H groups in total. The smallest absolute Gasteiger partial charge is 0.254 e. The van der Waals surface area contributed by atoms with Gasteiger partial charge in [0.2, 0.25) is 0 Å². The molecule has 2 aromatic rings. The van der Waals surface area contributed by atoms with Crippen molar-refractivity contribution in [2.75, 3.05) is 7.05 Å². The molecule has 6 heteroatoms. The monoisotopic (exact) mass is 311 g/mol. The Morgan fingerprint density at radius 2 is 2.33 bits per heavy atom. The lowest BCUT2D eigenvalue weighted by Crippen LogP contribution is -2.26. The molecule has 0 saturated carbocycles. The van der Waals surface area contributed by atoms with E-state index in [2.05, 4.69) is 25.9 Å². The van der Waals surface area contributed by atoms with Crippen LogP contribution in [-0.4, -0.2) is 27.8 Å². The molecule has 1 aromatic carbocycles. The van der Waals surface area contributed by atoms with Gasteiger partial charge in [0.15, 0.2) is 0 Å². The van der Waals surface area contributed by atoms with Crippen LogP contribution in [0, 0.1) is 5.82 Å². The van der Waals surface area contributed by atoms with E-state index in [1.807, 2.05) is 0 Å². The van der Waals surface area contributed by atoms with Crippen LogP contribution < -0.4 is 0 Å². The molecule has 18 heavy (non-hydrogen) atoms. The highest BCUT2D eigenvalue weighted by Gasteiger charge is 2.14. The molecule has 0 bridgehead atoms. The van der Waals surface area contributed by atoms with Gasteiger partial charge in [0, 0.05) is 25.0 Å². The van der Waals surface area contributed by atoms with Crippen molar-refractivity contribution in [3.8, 4) is 0 Å². The molecule has 0 unspecified atom stereocenters. The normalized spacial score (nSPS) is 10.4. The molecule has 0 fully saturated rings. The number of benzene rings is 1. The largest absolute Gasteiger partial charge is 0.347 e. The molecule has 0 aliphatic carbocycles. The van der Waals surface area contributed by atoms with Gasteiger partial charge in [-0.1, -0.05) is 0 Å². The Morgan fingerprint density at radius 1 is 1.56 bits per heavy atom. The molecule has 4 nitrogen and oxygen atoms in total. The molecule has 0 radical (unpaired) electrons. The highest BCUT2D eigenvalue weighted by atomic mass is 79.9. The maximum atomic E-state index is 13.1. The van der Waals surface area contributed by atoms with Gasteiger partial charge in [-0.15, -0.1) is 0 Å². The Labute approximate surface area is 112 Å². The number of nitrogens with zero attached hydrogens (tertiary/aromatic N) is 2. The van der Waals surface area contributed by atoms with Crippen molar-refractivity contribution in [2.45, 2.75) is 6.54 Å². The number of carbonyl (C=O) groups is 1. The van der Waals surface area contributed by atoms with Gasteiger partial charge in [-0.2, -0.15) is 0 Å². The quantitative estimate of drug-likeness (QED) is 0.947. The second kappa shape index (κ2) is 5.30. The minimum atomic E-state index is -0.389. The minimum absolute atomic E-state index is 0.188. The average Bonchev–Trinajstić information content (AvgIpc) is 2.84. The molecule has 0 saturated heterocycles. The van der Waals surface area contributed by atoms with E-state index in [4.69, 9.17) is 0 Å². The van der Waals surface area contributed by atoms with E-state index in [1.165, 1.54) is 23.1 Å². The molecule has 0 spiro atoms. The standard InChI is InChI=1S/C12H11BrFN3O/c1-17(7-11-15-4-5-16-11)12(18)8-2-3-10(14)9(13)6-8/h2-6H,7H2,1H3,(H,15,16). The Kier molecular flexibility index (Phi) is 3.76. The maximum Gasteiger partial charge on any atom is 0.254 e. The summed E-state index contributed by atoms with van der Waals surface area (Å²) in [4.78, 5) is 20.6. The summed E-state index contributed by atoms with van der Waals surface area (Å²) in [6.45, 7) is 0.376.